The molecule has 19 heavy (non-hydrogen) atoms. The molecule has 0 saturated carbocycles. The molecule has 1 rings (SSSR count). The molecule has 0 radical (unpaired) electrons. The highest BCUT2D eigenvalue weighted by Crippen LogP contribution is 2.24. The predicted octanol–water partition coefficient (Wildman–Crippen LogP) is 2.50. The van der Waals surface area contributed by atoms with Gasteiger partial charge < -0.3 is 15.3 Å². The van der Waals surface area contributed by atoms with Crippen molar-refractivity contribution in [1.29, 1.82) is 0 Å². The molecule has 0 amide bonds. The first-order valence-electron chi connectivity index (χ1n) is 8.04. The summed E-state index contributed by atoms with van der Waals surface area (Å²) in [6.07, 6.45) is 4.68. The highest BCUT2D eigenvalue weighted by Gasteiger charge is 2.26. The minimum Gasteiger partial charge on any atom is -0.396 e. The molecule has 114 valence electrons. The molecule has 1 aliphatic heterocycles. The summed E-state index contributed by atoms with van der Waals surface area (Å²) in [7, 11) is 0. The third-order valence-corrected chi connectivity index (χ3v) is 4.33. The number of hydrogen-bond donors (Lipinski definition) is 2. The fraction of sp³-hybridized carbons (Fsp3) is 1.00. The molecule has 2 atom stereocenters. The van der Waals surface area contributed by atoms with E-state index < -0.39 is 0 Å². The van der Waals surface area contributed by atoms with Crippen LogP contribution in [-0.4, -0.2) is 48.8 Å². The standard InChI is InChI=1S/C16H34N2O/c1-5-9-17-15(16(2,3)4)7-11-18-10-6-14(13-18)8-12-19/h14-15,17,19H,5-13H2,1-4H3. The van der Waals surface area contributed by atoms with Gasteiger partial charge in [-0.25, -0.2) is 0 Å². The van der Waals surface area contributed by atoms with E-state index >= 15 is 0 Å². The number of aliphatic hydroxyl groups excluding tert-OH is 1. The van der Waals surface area contributed by atoms with Crippen LogP contribution in [0, 0.1) is 11.3 Å². The van der Waals surface area contributed by atoms with Gasteiger partial charge in [0.05, 0.1) is 0 Å². The Hall–Kier alpha value is -0.120. The second kappa shape index (κ2) is 8.23. The van der Waals surface area contributed by atoms with Gasteiger partial charge in [-0.05, 0) is 56.7 Å². The van der Waals surface area contributed by atoms with E-state index in [-0.39, 0.29) is 0 Å². The number of hydrogen-bond acceptors (Lipinski definition) is 3. The molecule has 1 aliphatic rings. The van der Waals surface area contributed by atoms with Crippen LogP contribution in [0.4, 0.5) is 0 Å². The Morgan fingerprint density at radius 1 is 1.37 bits per heavy atom. The van der Waals surface area contributed by atoms with Crippen molar-refractivity contribution in [2.24, 2.45) is 11.3 Å². The average Bonchev–Trinajstić information content (AvgIpc) is 2.76. The quantitative estimate of drug-likeness (QED) is 0.711. The third kappa shape index (κ3) is 6.24. The molecule has 3 nitrogen and oxygen atoms in total. The van der Waals surface area contributed by atoms with Crippen LogP contribution >= 0.6 is 0 Å². The number of nitrogens with zero attached hydrogens (tertiary/aromatic N) is 1. The summed E-state index contributed by atoms with van der Waals surface area (Å²) in [4.78, 5) is 2.58. The van der Waals surface area contributed by atoms with Crippen molar-refractivity contribution in [2.45, 2.75) is 59.4 Å². The van der Waals surface area contributed by atoms with E-state index in [1.54, 1.807) is 0 Å². The summed E-state index contributed by atoms with van der Waals surface area (Å²) < 4.78 is 0. The summed E-state index contributed by atoms with van der Waals surface area (Å²) in [5.74, 6) is 0.724. The summed E-state index contributed by atoms with van der Waals surface area (Å²) in [5, 5.41) is 12.7. The van der Waals surface area contributed by atoms with Crippen LogP contribution in [0.5, 0.6) is 0 Å². The van der Waals surface area contributed by atoms with Crippen molar-refractivity contribution in [3.8, 4) is 0 Å². The smallest absolute Gasteiger partial charge is 0.0434 e. The lowest BCUT2D eigenvalue weighted by Crippen LogP contribution is -2.43. The Morgan fingerprint density at radius 2 is 2.11 bits per heavy atom. The molecular formula is C16H34N2O. The lowest BCUT2D eigenvalue weighted by atomic mass is 9.84. The molecule has 2 N–H and O–H groups in total. The van der Waals surface area contributed by atoms with Gasteiger partial charge in [0.1, 0.15) is 0 Å². The highest BCUT2D eigenvalue weighted by atomic mass is 16.3. The molecule has 0 spiro atoms. The Kier molecular flexibility index (Phi) is 7.33. The minimum atomic E-state index is 0.333. The highest BCUT2D eigenvalue weighted by molar-refractivity contribution is 4.83. The first-order chi connectivity index (χ1) is 8.97. The zero-order chi connectivity index (χ0) is 14.3. The van der Waals surface area contributed by atoms with Gasteiger partial charge >= 0.3 is 0 Å². The van der Waals surface area contributed by atoms with Crippen molar-refractivity contribution in [2.75, 3.05) is 32.8 Å². The van der Waals surface area contributed by atoms with Gasteiger partial charge in [-0.3, -0.25) is 0 Å². The Bertz CT molecular complexity index is 237. The normalized spacial score (nSPS) is 22.9. The van der Waals surface area contributed by atoms with Crippen LogP contribution in [0.2, 0.25) is 0 Å². The van der Waals surface area contributed by atoms with Crippen molar-refractivity contribution in [1.82, 2.24) is 10.2 Å². The average molecular weight is 270 g/mol. The number of rotatable bonds is 8. The van der Waals surface area contributed by atoms with E-state index in [1.807, 2.05) is 0 Å². The van der Waals surface area contributed by atoms with Gasteiger partial charge in [0.25, 0.3) is 0 Å². The first kappa shape index (κ1) is 16.9. The van der Waals surface area contributed by atoms with E-state index in [4.69, 9.17) is 5.11 Å². The first-order valence-corrected chi connectivity index (χ1v) is 8.04. The van der Waals surface area contributed by atoms with Crippen molar-refractivity contribution < 1.29 is 5.11 Å². The van der Waals surface area contributed by atoms with Crippen molar-refractivity contribution in [3.05, 3.63) is 0 Å². The third-order valence-electron chi connectivity index (χ3n) is 4.33. The molecule has 1 fully saturated rings. The van der Waals surface area contributed by atoms with Gasteiger partial charge in [0, 0.05) is 19.2 Å². The molecule has 0 aromatic carbocycles. The fourth-order valence-electron chi connectivity index (χ4n) is 3.01. The Labute approximate surface area is 119 Å². The number of aliphatic hydroxyl groups is 1. The molecular weight excluding hydrogens is 236 g/mol. The van der Waals surface area contributed by atoms with Crippen LogP contribution in [0.25, 0.3) is 0 Å². The maximum atomic E-state index is 9.01. The summed E-state index contributed by atoms with van der Waals surface area (Å²) in [6, 6.07) is 0.601. The van der Waals surface area contributed by atoms with Crippen LogP contribution in [0.3, 0.4) is 0 Å². The van der Waals surface area contributed by atoms with Gasteiger partial charge in [-0.2, -0.15) is 0 Å². The maximum absolute atomic E-state index is 9.01. The van der Waals surface area contributed by atoms with Crippen molar-refractivity contribution in [3.63, 3.8) is 0 Å². The molecule has 2 unspecified atom stereocenters. The van der Waals surface area contributed by atoms with Crippen LogP contribution < -0.4 is 5.32 Å². The molecule has 0 aliphatic carbocycles. The SMILES string of the molecule is CCCNC(CCN1CCC(CCO)C1)C(C)(C)C. The molecule has 1 saturated heterocycles. The lowest BCUT2D eigenvalue weighted by Gasteiger charge is -2.33. The Morgan fingerprint density at radius 3 is 2.68 bits per heavy atom. The fourth-order valence-corrected chi connectivity index (χ4v) is 3.01. The van der Waals surface area contributed by atoms with E-state index in [9.17, 15) is 0 Å². The zero-order valence-electron chi connectivity index (χ0n) is 13.4. The zero-order valence-corrected chi connectivity index (χ0v) is 13.4. The van der Waals surface area contributed by atoms with E-state index in [1.165, 1.54) is 38.9 Å². The molecule has 0 bridgehead atoms. The Balaban J connectivity index is 2.32. The minimum absolute atomic E-state index is 0.333. The van der Waals surface area contributed by atoms with Crippen molar-refractivity contribution >= 4 is 0 Å². The summed E-state index contributed by atoms with van der Waals surface area (Å²) in [5.41, 5.74) is 0.333. The van der Waals surface area contributed by atoms with Gasteiger partial charge in [-0.1, -0.05) is 27.7 Å². The lowest BCUT2D eigenvalue weighted by molar-refractivity contribution is 0.214. The molecule has 0 aromatic rings. The number of nitrogens with one attached hydrogen (secondary N) is 1. The van der Waals surface area contributed by atoms with E-state index in [2.05, 4.69) is 37.9 Å². The van der Waals surface area contributed by atoms with Crippen LogP contribution in [0.15, 0.2) is 0 Å². The monoisotopic (exact) mass is 270 g/mol. The number of likely N-dealkylation sites (tertiary alicyclic amines) is 1. The second-order valence-electron chi connectivity index (χ2n) is 7.13. The summed E-state index contributed by atoms with van der Waals surface area (Å²) in [6.45, 7) is 14.3. The van der Waals surface area contributed by atoms with E-state index in [0.29, 0.717) is 18.1 Å². The summed E-state index contributed by atoms with van der Waals surface area (Å²) >= 11 is 0. The van der Waals surface area contributed by atoms with E-state index in [0.717, 1.165) is 18.9 Å². The largest absolute Gasteiger partial charge is 0.396 e. The van der Waals surface area contributed by atoms with Gasteiger partial charge in [0.2, 0.25) is 0 Å². The van der Waals surface area contributed by atoms with Crippen LogP contribution in [-0.2, 0) is 0 Å². The van der Waals surface area contributed by atoms with Crippen LogP contribution in [0.1, 0.15) is 53.4 Å². The predicted molar refractivity (Wildman–Crippen MR) is 82.4 cm³/mol. The maximum Gasteiger partial charge on any atom is 0.0434 e. The van der Waals surface area contributed by atoms with Gasteiger partial charge in [0.15, 0.2) is 0 Å². The molecule has 1 heterocycles. The van der Waals surface area contributed by atoms with Gasteiger partial charge in [-0.15, -0.1) is 0 Å². The molecule has 0 aromatic heterocycles. The second-order valence-corrected chi connectivity index (χ2v) is 7.13. The topological polar surface area (TPSA) is 35.5 Å². The molecule has 3 heteroatoms.